The lowest BCUT2D eigenvalue weighted by Crippen LogP contribution is -2.50. The molecule has 25 heavy (non-hydrogen) atoms. The van der Waals surface area contributed by atoms with Crippen molar-refractivity contribution in [3.05, 3.63) is 53.1 Å². The second-order valence-electron chi connectivity index (χ2n) is 5.36. The smallest absolute Gasteiger partial charge is 0.423 e. The Morgan fingerprint density at radius 3 is 2.76 bits per heavy atom. The number of aromatic nitrogens is 1. The molecule has 0 radical (unpaired) electrons. The molecule has 5 nitrogen and oxygen atoms in total. The number of benzene rings is 1. The molecule has 3 rings (SSSR count). The fourth-order valence-corrected chi connectivity index (χ4v) is 2.63. The first kappa shape index (κ1) is 16.8. The van der Waals surface area contributed by atoms with E-state index < -0.39 is 17.8 Å². The van der Waals surface area contributed by atoms with E-state index in [2.05, 4.69) is 9.72 Å². The maximum Gasteiger partial charge on any atom is 0.483 e. The minimum atomic E-state index is -4.11. The van der Waals surface area contributed by atoms with Crippen LogP contribution in [0.2, 0.25) is 0 Å². The van der Waals surface area contributed by atoms with Crippen LogP contribution in [-0.4, -0.2) is 17.0 Å². The van der Waals surface area contributed by atoms with E-state index in [1.54, 1.807) is 6.92 Å². The Hall–Kier alpha value is -3.08. The van der Waals surface area contributed by atoms with Gasteiger partial charge in [-0.3, -0.25) is 9.69 Å². The molecule has 0 saturated heterocycles. The summed E-state index contributed by atoms with van der Waals surface area (Å²) < 4.78 is 46.4. The van der Waals surface area contributed by atoms with Crippen molar-refractivity contribution in [3.8, 4) is 11.8 Å². The molecule has 0 aliphatic carbocycles. The standard InChI is InChI=1S/C17H12F3N3O2/c1-2-12-13(18)6-7-14-15(12)25-17(19,20)16(24)23(14)9-11-5-3-4-10(8-21)22-11/h3-7H,2,9H2,1H3. The van der Waals surface area contributed by atoms with Gasteiger partial charge in [-0.25, -0.2) is 9.37 Å². The van der Waals surface area contributed by atoms with Crippen LogP contribution < -0.4 is 9.64 Å². The predicted molar refractivity (Wildman–Crippen MR) is 81.5 cm³/mol. The maximum atomic E-state index is 14.0. The topological polar surface area (TPSA) is 66.2 Å². The molecule has 0 N–H and O–H groups in total. The molecule has 0 unspecified atom stereocenters. The molecule has 0 fully saturated rings. The van der Waals surface area contributed by atoms with Crippen LogP contribution in [0.25, 0.3) is 0 Å². The van der Waals surface area contributed by atoms with E-state index in [-0.39, 0.29) is 41.4 Å². The summed E-state index contributed by atoms with van der Waals surface area (Å²) in [5.74, 6) is -2.61. The van der Waals surface area contributed by atoms with Gasteiger partial charge in [-0.05, 0) is 30.7 Å². The van der Waals surface area contributed by atoms with E-state index in [9.17, 15) is 18.0 Å². The van der Waals surface area contributed by atoms with Crippen LogP contribution in [0.5, 0.6) is 5.75 Å². The Morgan fingerprint density at radius 2 is 2.08 bits per heavy atom. The largest absolute Gasteiger partial charge is 0.483 e. The van der Waals surface area contributed by atoms with Gasteiger partial charge in [0.05, 0.1) is 17.9 Å². The molecular weight excluding hydrogens is 335 g/mol. The van der Waals surface area contributed by atoms with Crippen LogP contribution in [0.1, 0.15) is 23.9 Å². The summed E-state index contributed by atoms with van der Waals surface area (Å²) >= 11 is 0. The molecule has 8 heteroatoms. The summed E-state index contributed by atoms with van der Waals surface area (Å²) in [5.41, 5.74) is 0.351. The average molecular weight is 347 g/mol. The Morgan fingerprint density at radius 1 is 1.32 bits per heavy atom. The summed E-state index contributed by atoms with van der Waals surface area (Å²) in [4.78, 5) is 16.9. The maximum absolute atomic E-state index is 14.0. The third-order valence-corrected chi connectivity index (χ3v) is 3.79. The first-order valence-electron chi connectivity index (χ1n) is 7.43. The van der Waals surface area contributed by atoms with Gasteiger partial charge in [0, 0.05) is 5.56 Å². The fraction of sp³-hybridized carbons (Fsp3) is 0.235. The molecule has 0 saturated carbocycles. The number of fused-ring (bicyclic) bond motifs is 1. The third kappa shape index (κ3) is 2.89. The van der Waals surface area contributed by atoms with Crippen molar-refractivity contribution in [1.29, 1.82) is 5.26 Å². The number of carbonyl (C=O) groups is 1. The van der Waals surface area contributed by atoms with E-state index in [1.807, 2.05) is 6.07 Å². The first-order valence-corrected chi connectivity index (χ1v) is 7.43. The number of amides is 1. The van der Waals surface area contributed by atoms with Gasteiger partial charge in [-0.1, -0.05) is 13.0 Å². The SMILES string of the molecule is CCc1c(F)ccc2c1OC(F)(F)C(=O)N2Cc1cccc(C#N)n1. The number of anilines is 1. The lowest BCUT2D eigenvalue weighted by Gasteiger charge is -2.34. The van der Waals surface area contributed by atoms with E-state index in [0.717, 1.165) is 11.0 Å². The highest BCUT2D eigenvalue weighted by molar-refractivity contribution is 6.01. The van der Waals surface area contributed by atoms with Crippen molar-refractivity contribution in [2.75, 3.05) is 4.90 Å². The minimum Gasteiger partial charge on any atom is -0.423 e. The second kappa shape index (κ2) is 6.09. The van der Waals surface area contributed by atoms with Crippen LogP contribution in [0.15, 0.2) is 30.3 Å². The van der Waals surface area contributed by atoms with E-state index >= 15 is 0 Å². The Bertz CT molecular complexity index is 893. The van der Waals surface area contributed by atoms with Gasteiger partial charge >= 0.3 is 12.0 Å². The number of alkyl halides is 2. The Labute approximate surface area is 141 Å². The van der Waals surface area contributed by atoms with Crippen LogP contribution in [0.4, 0.5) is 18.9 Å². The number of hydrogen-bond acceptors (Lipinski definition) is 4. The summed E-state index contributed by atoms with van der Waals surface area (Å²) in [5, 5.41) is 8.88. The summed E-state index contributed by atoms with van der Waals surface area (Å²) in [6.07, 6.45) is -3.99. The number of ether oxygens (including phenoxy) is 1. The molecule has 2 heterocycles. The molecule has 1 aliphatic heterocycles. The molecule has 0 atom stereocenters. The molecule has 0 bridgehead atoms. The van der Waals surface area contributed by atoms with E-state index in [4.69, 9.17) is 5.26 Å². The van der Waals surface area contributed by atoms with E-state index in [0.29, 0.717) is 0 Å². The number of rotatable bonds is 3. The van der Waals surface area contributed by atoms with Gasteiger partial charge in [-0.15, -0.1) is 0 Å². The Balaban J connectivity index is 2.10. The van der Waals surface area contributed by atoms with Gasteiger partial charge < -0.3 is 4.74 Å². The molecule has 1 amide bonds. The van der Waals surface area contributed by atoms with Crippen LogP contribution >= 0.6 is 0 Å². The first-order chi connectivity index (χ1) is 11.9. The molecule has 2 aromatic rings. The van der Waals surface area contributed by atoms with Gasteiger partial charge in [-0.2, -0.15) is 14.0 Å². The van der Waals surface area contributed by atoms with E-state index in [1.165, 1.54) is 24.3 Å². The van der Waals surface area contributed by atoms with Crippen LogP contribution in [0, 0.1) is 17.1 Å². The van der Waals surface area contributed by atoms with Crippen molar-refractivity contribution in [2.45, 2.75) is 26.0 Å². The average Bonchev–Trinajstić information content (AvgIpc) is 2.59. The van der Waals surface area contributed by atoms with Gasteiger partial charge in [0.25, 0.3) is 0 Å². The summed E-state index contributed by atoms with van der Waals surface area (Å²) in [7, 11) is 0. The zero-order valence-electron chi connectivity index (χ0n) is 13.1. The van der Waals surface area contributed by atoms with Crippen molar-refractivity contribution < 1.29 is 22.7 Å². The zero-order valence-corrected chi connectivity index (χ0v) is 13.1. The quantitative estimate of drug-likeness (QED) is 0.855. The zero-order chi connectivity index (χ0) is 18.2. The number of carbonyl (C=O) groups excluding carboxylic acids is 1. The molecule has 128 valence electrons. The number of pyridine rings is 1. The highest BCUT2D eigenvalue weighted by Gasteiger charge is 2.51. The number of hydrogen-bond donors (Lipinski definition) is 0. The van der Waals surface area contributed by atoms with Crippen molar-refractivity contribution in [1.82, 2.24) is 4.98 Å². The summed E-state index contributed by atoms with van der Waals surface area (Å²) in [6.45, 7) is 1.30. The minimum absolute atomic E-state index is 0.0339. The highest BCUT2D eigenvalue weighted by atomic mass is 19.3. The van der Waals surface area contributed by atoms with Crippen LogP contribution in [0.3, 0.4) is 0 Å². The number of halogens is 3. The number of nitrogens with zero attached hydrogens (tertiary/aromatic N) is 3. The predicted octanol–water partition coefficient (Wildman–Crippen LogP) is 3.17. The van der Waals surface area contributed by atoms with Gasteiger partial charge in [0.2, 0.25) is 0 Å². The molecule has 1 aromatic heterocycles. The monoisotopic (exact) mass is 347 g/mol. The second-order valence-corrected chi connectivity index (χ2v) is 5.36. The van der Waals surface area contributed by atoms with Gasteiger partial charge in [0.15, 0.2) is 5.75 Å². The Kier molecular flexibility index (Phi) is 4.08. The third-order valence-electron chi connectivity index (χ3n) is 3.79. The lowest BCUT2D eigenvalue weighted by atomic mass is 10.1. The van der Waals surface area contributed by atoms with Crippen LogP contribution in [-0.2, 0) is 17.8 Å². The lowest BCUT2D eigenvalue weighted by molar-refractivity contribution is -0.193. The van der Waals surface area contributed by atoms with Crippen molar-refractivity contribution >= 4 is 11.6 Å². The molecule has 1 aromatic carbocycles. The highest BCUT2D eigenvalue weighted by Crippen LogP contribution is 2.43. The molecule has 1 aliphatic rings. The summed E-state index contributed by atoms with van der Waals surface area (Å²) in [6, 6.07) is 8.65. The van der Waals surface area contributed by atoms with Crippen molar-refractivity contribution in [3.63, 3.8) is 0 Å². The fourth-order valence-electron chi connectivity index (χ4n) is 2.63. The molecule has 0 spiro atoms. The normalized spacial score (nSPS) is 15.3. The van der Waals surface area contributed by atoms with Crippen molar-refractivity contribution in [2.24, 2.45) is 0 Å². The number of nitriles is 1. The molecular formula is C17H12F3N3O2. The van der Waals surface area contributed by atoms with Gasteiger partial charge in [0.1, 0.15) is 17.6 Å².